The number of carbonyl (C=O) groups excluding carboxylic acids is 2. The highest BCUT2D eigenvalue weighted by Gasteiger charge is 2.35. The van der Waals surface area contributed by atoms with Crippen LogP contribution in [0.4, 0.5) is 5.69 Å². The first-order chi connectivity index (χ1) is 21.4. The maximum atomic E-state index is 14.5. The van der Waals surface area contributed by atoms with E-state index in [9.17, 15) is 18.0 Å². The van der Waals surface area contributed by atoms with Crippen LogP contribution >= 0.6 is 23.2 Å². The third-order valence-electron chi connectivity index (χ3n) is 7.27. The number of nitrogens with one attached hydrogen (secondary N) is 1. The van der Waals surface area contributed by atoms with Crippen molar-refractivity contribution in [1.82, 2.24) is 10.2 Å². The molecule has 0 fully saturated rings. The molecule has 45 heavy (non-hydrogen) atoms. The fourth-order valence-electron chi connectivity index (χ4n) is 5.09. The van der Waals surface area contributed by atoms with E-state index in [4.69, 9.17) is 23.2 Å². The summed E-state index contributed by atoms with van der Waals surface area (Å²) in [5, 5.41) is 3.60. The maximum Gasteiger partial charge on any atom is 0.264 e. The van der Waals surface area contributed by atoms with Gasteiger partial charge in [0.25, 0.3) is 10.0 Å². The number of hydrogen-bond donors (Lipinski definition) is 1. The van der Waals surface area contributed by atoms with Gasteiger partial charge in [0, 0.05) is 19.0 Å². The molecule has 0 radical (unpaired) electrons. The summed E-state index contributed by atoms with van der Waals surface area (Å²) in [6.45, 7) is 6.86. The molecular formula is C35H37Cl2N3O4S. The number of hydrogen-bond acceptors (Lipinski definition) is 4. The van der Waals surface area contributed by atoms with Gasteiger partial charge in [-0.15, -0.1) is 0 Å². The topological polar surface area (TPSA) is 86.8 Å². The van der Waals surface area contributed by atoms with Crippen molar-refractivity contribution >= 4 is 50.7 Å². The second-order valence-electron chi connectivity index (χ2n) is 11.3. The summed E-state index contributed by atoms with van der Waals surface area (Å²) < 4.78 is 29.4. The summed E-state index contributed by atoms with van der Waals surface area (Å²) in [6.07, 6.45) is 0.210. The van der Waals surface area contributed by atoms with Crippen molar-refractivity contribution in [3.05, 3.63) is 129 Å². The van der Waals surface area contributed by atoms with Crippen LogP contribution in [0.1, 0.15) is 36.1 Å². The van der Waals surface area contributed by atoms with E-state index in [1.54, 1.807) is 42.5 Å². The second kappa shape index (κ2) is 15.0. The lowest BCUT2D eigenvalue weighted by atomic mass is 10.0. The quantitative estimate of drug-likeness (QED) is 0.177. The van der Waals surface area contributed by atoms with Gasteiger partial charge in [-0.1, -0.05) is 95.5 Å². The average molecular weight is 667 g/mol. The number of rotatable bonds is 12. The van der Waals surface area contributed by atoms with Crippen LogP contribution in [0.3, 0.4) is 0 Å². The Morgan fingerprint density at radius 1 is 0.800 bits per heavy atom. The summed E-state index contributed by atoms with van der Waals surface area (Å²) in [7, 11) is -4.18. The Labute approximate surface area is 275 Å². The Hall–Kier alpha value is -3.85. The zero-order valence-electron chi connectivity index (χ0n) is 25.7. The van der Waals surface area contributed by atoms with Crippen LogP contribution in [-0.2, 0) is 32.6 Å². The molecule has 1 N–H and O–H groups in total. The molecule has 0 aromatic heterocycles. The molecule has 4 aromatic carbocycles. The van der Waals surface area contributed by atoms with E-state index in [2.05, 4.69) is 5.32 Å². The molecule has 236 valence electrons. The normalized spacial score (nSPS) is 12.1. The Bertz CT molecular complexity index is 1750. The molecule has 0 aliphatic heterocycles. The van der Waals surface area contributed by atoms with Crippen molar-refractivity contribution in [2.45, 2.75) is 57.6 Å². The lowest BCUT2D eigenvalue weighted by molar-refractivity contribution is -0.140. The van der Waals surface area contributed by atoms with Crippen LogP contribution in [0.2, 0.25) is 10.0 Å². The second-order valence-corrected chi connectivity index (χ2v) is 13.9. The van der Waals surface area contributed by atoms with Gasteiger partial charge >= 0.3 is 0 Å². The van der Waals surface area contributed by atoms with Gasteiger partial charge < -0.3 is 10.2 Å². The number of sulfonamides is 1. The van der Waals surface area contributed by atoms with E-state index in [0.717, 1.165) is 15.4 Å². The zero-order valence-corrected chi connectivity index (χ0v) is 28.0. The number of aryl methyl sites for hydroxylation is 2. The molecule has 0 heterocycles. The highest BCUT2D eigenvalue weighted by Crippen LogP contribution is 2.29. The lowest BCUT2D eigenvalue weighted by Gasteiger charge is -2.34. The van der Waals surface area contributed by atoms with Crippen LogP contribution in [0.25, 0.3) is 0 Å². The SMILES string of the molecule is Cc1ccc(N(CC(=O)N(Cc2ccc(Cl)c(Cl)c2)C(Cc2ccccc2)C(=O)NC(C)C)S(=O)(=O)c2ccccc2)c(C)c1. The van der Waals surface area contributed by atoms with Gasteiger partial charge in [-0.05, 0) is 74.7 Å². The van der Waals surface area contributed by atoms with Gasteiger partial charge in [-0.25, -0.2) is 8.42 Å². The lowest BCUT2D eigenvalue weighted by Crippen LogP contribution is -2.54. The molecule has 0 aliphatic rings. The van der Waals surface area contributed by atoms with Crippen molar-refractivity contribution < 1.29 is 18.0 Å². The Morgan fingerprint density at radius 2 is 1.44 bits per heavy atom. The van der Waals surface area contributed by atoms with Crippen molar-refractivity contribution in [2.24, 2.45) is 0 Å². The highest BCUT2D eigenvalue weighted by atomic mass is 35.5. The van der Waals surface area contributed by atoms with E-state index in [-0.39, 0.29) is 29.8 Å². The van der Waals surface area contributed by atoms with Gasteiger partial charge in [-0.3, -0.25) is 13.9 Å². The number of benzene rings is 4. The fourth-order valence-corrected chi connectivity index (χ4v) is 6.91. The van der Waals surface area contributed by atoms with Crippen molar-refractivity contribution in [2.75, 3.05) is 10.8 Å². The molecule has 4 aromatic rings. The minimum absolute atomic E-state index is 0.00909. The number of halogens is 2. The molecular weight excluding hydrogens is 629 g/mol. The average Bonchev–Trinajstić information content (AvgIpc) is 3.00. The number of amides is 2. The van der Waals surface area contributed by atoms with Crippen LogP contribution in [0, 0.1) is 13.8 Å². The van der Waals surface area contributed by atoms with Crippen molar-refractivity contribution in [3.63, 3.8) is 0 Å². The monoisotopic (exact) mass is 665 g/mol. The molecule has 10 heteroatoms. The van der Waals surface area contributed by atoms with E-state index in [0.29, 0.717) is 26.9 Å². The summed E-state index contributed by atoms with van der Waals surface area (Å²) in [4.78, 5) is 29.8. The summed E-state index contributed by atoms with van der Waals surface area (Å²) in [5.41, 5.74) is 3.50. The standard InChI is InChI=1S/C35H37Cl2N3O4S/c1-24(2)38-35(42)33(21-27-11-7-5-8-12-27)39(22-28-16-17-30(36)31(37)20-28)34(41)23-40(32-18-15-25(3)19-26(32)4)45(43,44)29-13-9-6-10-14-29/h5-20,24,33H,21-23H2,1-4H3,(H,38,42). The molecule has 0 saturated carbocycles. The molecule has 4 rings (SSSR count). The van der Waals surface area contributed by atoms with Gasteiger partial charge in [0.15, 0.2) is 0 Å². The summed E-state index contributed by atoms with van der Waals surface area (Å²) in [6, 6.07) is 26.6. The fraction of sp³-hybridized carbons (Fsp3) is 0.257. The molecule has 2 amide bonds. The number of nitrogens with zero attached hydrogens (tertiary/aromatic N) is 2. The Morgan fingerprint density at radius 3 is 2.04 bits per heavy atom. The van der Waals surface area contributed by atoms with Gasteiger partial charge in [0.1, 0.15) is 12.6 Å². The maximum absolute atomic E-state index is 14.5. The van der Waals surface area contributed by atoms with Gasteiger partial charge in [0.05, 0.1) is 20.6 Å². The van der Waals surface area contributed by atoms with Crippen LogP contribution in [-0.4, -0.2) is 43.8 Å². The van der Waals surface area contributed by atoms with E-state index in [1.165, 1.54) is 17.0 Å². The zero-order chi connectivity index (χ0) is 32.7. The van der Waals surface area contributed by atoms with Crippen LogP contribution in [0.5, 0.6) is 0 Å². The van der Waals surface area contributed by atoms with E-state index in [1.807, 2.05) is 70.2 Å². The molecule has 0 bridgehead atoms. The van der Waals surface area contributed by atoms with Gasteiger partial charge in [0.2, 0.25) is 11.8 Å². The molecule has 1 unspecified atom stereocenters. The minimum atomic E-state index is -4.18. The first-order valence-electron chi connectivity index (χ1n) is 14.6. The summed E-state index contributed by atoms with van der Waals surface area (Å²) in [5.74, 6) is -0.911. The van der Waals surface area contributed by atoms with E-state index < -0.39 is 28.5 Å². The largest absolute Gasteiger partial charge is 0.352 e. The summed E-state index contributed by atoms with van der Waals surface area (Å²) >= 11 is 12.5. The van der Waals surface area contributed by atoms with Crippen LogP contribution < -0.4 is 9.62 Å². The molecule has 7 nitrogen and oxygen atoms in total. The molecule has 0 spiro atoms. The smallest absolute Gasteiger partial charge is 0.264 e. The molecule has 1 atom stereocenters. The number of carbonyl (C=O) groups is 2. The third kappa shape index (κ3) is 8.66. The number of anilines is 1. The van der Waals surface area contributed by atoms with Crippen molar-refractivity contribution in [1.29, 1.82) is 0 Å². The van der Waals surface area contributed by atoms with E-state index >= 15 is 0 Å². The van der Waals surface area contributed by atoms with Crippen molar-refractivity contribution in [3.8, 4) is 0 Å². The predicted molar refractivity (Wildman–Crippen MR) is 181 cm³/mol. The highest BCUT2D eigenvalue weighted by molar-refractivity contribution is 7.92. The molecule has 0 aliphatic carbocycles. The molecule has 0 saturated heterocycles. The Balaban J connectivity index is 1.84. The minimum Gasteiger partial charge on any atom is -0.352 e. The first-order valence-corrected chi connectivity index (χ1v) is 16.8. The van der Waals surface area contributed by atoms with Gasteiger partial charge in [-0.2, -0.15) is 0 Å². The van der Waals surface area contributed by atoms with Crippen LogP contribution in [0.15, 0.2) is 102 Å². The third-order valence-corrected chi connectivity index (χ3v) is 9.78. The first kappa shape index (κ1) is 34.0. The Kier molecular flexibility index (Phi) is 11.3. The predicted octanol–water partition coefficient (Wildman–Crippen LogP) is 6.97.